The van der Waals surface area contributed by atoms with Crippen LogP contribution in [-0.4, -0.2) is 29.7 Å². The molecule has 1 aliphatic carbocycles. The predicted molar refractivity (Wildman–Crippen MR) is 101 cm³/mol. The van der Waals surface area contributed by atoms with Gasteiger partial charge in [0.05, 0.1) is 35.9 Å². The van der Waals surface area contributed by atoms with Crippen molar-refractivity contribution in [2.24, 2.45) is 17.1 Å². The number of rotatable bonds is 1. The molecular weight excluding hydrogens is 370 g/mol. The van der Waals surface area contributed by atoms with Gasteiger partial charge in [0, 0.05) is 24.9 Å². The summed E-state index contributed by atoms with van der Waals surface area (Å²) in [4.78, 5) is 14.1. The first-order valence-electron chi connectivity index (χ1n) is 9.11. The maximum Gasteiger partial charge on any atom is 0.410 e. The largest absolute Gasteiger partial charge is 0.472 e. The molecule has 0 saturated heterocycles. The number of allylic oxidation sites excluding steroid dienone is 2. The van der Waals surface area contributed by atoms with Gasteiger partial charge < -0.3 is 19.8 Å². The van der Waals surface area contributed by atoms with E-state index in [1.54, 1.807) is 32.9 Å². The van der Waals surface area contributed by atoms with E-state index in [1.165, 1.54) is 17.4 Å². The molecule has 1 aromatic rings. The van der Waals surface area contributed by atoms with Gasteiger partial charge >= 0.3 is 6.09 Å². The smallest absolute Gasteiger partial charge is 0.410 e. The van der Waals surface area contributed by atoms with Crippen LogP contribution in [0, 0.1) is 45.3 Å². The van der Waals surface area contributed by atoms with E-state index in [0.29, 0.717) is 11.1 Å². The second-order valence-corrected chi connectivity index (χ2v) is 8.12. The molecule has 0 saturated carbocycles. The van der Waals surface area contributed by atoms with Gasteiger partial charge in [-0.05, 0) is 38.0 Å². The minimum Gasteiger partial charge on any atom is -0.472 e. The van der Waals surface area contributed by atoms with E-state index in [0.717, 1.165) is 0 Å². The standard InChI is InChI=1S/C21H21N5O3/c1-20(2,3)29-19(27)26-6-4-14-15(8-22)18(25)21(11-23,12-24)17(16(14)9-26)13-5-7-28-10-13/h4-5,7,10,16-17H,6,9,25H2,1-3H3/t16-,17-/m1/s1. The van der Waals surface area contributed by atoms with E-state index in [2.05, 4.69) is 6.07 Å². The van der Waals surface area contributed by atoms with E-state index in [-0.39, 0.29) is 24.4 Å². The summed E-state index contributed by atoms with van der Waals surface area (Å²) in [6.07, 6.45) is 4.16. The molecule has 2 heterocycles. The van der Waals surface area contributed by atoms with Crippen molar-refractivity contribution in [1.82, 2.24) is 4.90 Å². The van der Waals surface area contributed by atoms with E-state index in [1.807, 2.05) is 12.1 Å². The van der Waals surface area contributed by atoms with E-state index < -0.39 is 28.9 Å². The summed E-state index contributed by atoms with van der Waals surface area (Å²) >= 11 is 0. The fraction of sp³-hybridized carbons (Fsp3) is 0.429. The van der Waals surface area contributed by atoms with E-state index in [4.69, 9.17) is 14.9 Å². The monoisotopic (exact) mass is 391 g/mol. The Hall–Kier alpha value is -3.70. The van der Waals surface area contributed by atoms with Crippen LogP contribution in [0.3, 0.4) is 0 Å². The molecule has 8 nitrogen and oxygen atoms in total. The third-order valence-electron chi connectivity index (χ3n) is 5.22. The fourth-order valence-electron chi connectivity index (χ4n) is 3.98. The Morgan fingerprint density at radius 3 is 2.55 bits per heavy atom. The van der Waals surface area contributed by atoms with Crippen molar-refractivity contribution in [2.45, 2.75) is 32.3 Å². The van der Waals surface area contributed by atoms with Crippen LogP contribution in [0.2, 0.25) is 0 Å². The number of ether oxygens (including phenoxy) is 1. The summed E-state index contributed by atoms with van der Waals surface area (Å²) in [5.41, 5.74) is 5.09. The van der Waals surface area contributed by atoms with Crippen LogP contribution >= 0.6 is 0 Å². The van der Waals surface area contributed by atoms with Crippen molar-refractivity contribution >= 4 is 6.09 Å². The zero-order chi connectivity index (χ0) is 21.4. The number of hydrogen-bond acceptors (Lipinski definition) is 7. The lowest BCUT2D eigenvalue weighted by Gasteiger charge is -2.45. The molecule has 0 bridgehead atoms. The van der Waals surface area contributed by atoms with Gasteiger partial charge in [-0.15, -0.1) is 0 Å². The second-order valence-electron chi connectivity index (χ2n) is 8.12. The number of furan rings is 1. The Labute approximate surface area is 169 Å². The third-order valence-corrected chi connectivity index (χ3v) is 5.22. The molecule has 1 amide bonds. The van der Waals surface area contributed by atoms with Gasteiger partial charge in [0.1, 0.15) is 11.7 Å². The van der Waals surface area contributed by atoms with Crippen LogP contribution in [-0.2, 0) is 4.74 Å². The molecule has 1 aromatic heterocycles. The molecule has 148 valence electrons. The van der Waals surface area contributed by atoms with Gasteiger partial charge in [0.25, 0.3) is 0 Å². The topological polar surface area (TPSA) is 140 Å². The molecule has 8 heteroatoms. The van der Waals surface area contributed by atoms with Crippen molar-refractivity contribution in [2.75, 3.05) is 13.1 Å². The lowest BCUT2D eigenvalue weighted by Crippen LogP contribution is -2.50. The summed E-state index contributed by atoms with van der Waals surface area (Å²) < 4.78 is 10.7. The molecule has 0 radical (unpaired) electrons. The normalized spacial score (nSPS) is 23.2. The van der Waals surface area contributed by atoms with Gasteiger partial charge in [-0.3, -0.25) is 0 Å². The highest BCUT2D eigenvalue weighted by Gasteiger charge is 2.55. The lowest BCUT2D eigenvalue weighted by molar-refractivity contribution is 0.0224. The number of hydrogen-bond donors (Lipinski definition) is 1. The van der Waals surface area contributed by atoms with Crippen LogP contribution in [0.25, 0.3) is 0 Å². The fourth-order valence-corrected chi connectivity index (χ4v) is 3.98. The Bertz CT molecular complexity index is 995. The van der Waals surface area contributed by atoms with Crippen molar-refractivity contribution in [3.63, 3.8) is 0 Å². The Balaban J connectivity index is 2.14. The van der Waals surface area contributed by atoms with Crippen molar-refractivity contribution in [1.29, 1.82) is 15.8 Å². The molecular formula is C21H21N5O3. The highest BCUT2D eigenvalue weighted by atomic mass is 16.6. The van der Waals surface area contributed by atoms with Gasteiger partial charge in [0.2, 0.25) is 0 Å². The van der Waals surface area contributed by atoms with Gasteiger partial charge in [-0.2, -0.15) is 15.8 Å². The first-order valence-corrected chi connectivity index (χ1v) is 9.11. The predicted octanol–water partition coefficient (Wildman–Crippen LogP) is 2.94. The molecule has 2 atom stereocenters. The Morgan fingerprint density at radius 1 is 1.34 bits per heavy atom. The molecule has 1 aliphatic heterocycles. The first-order chi connectivity index (χ1) is 13.7. The number of amides is 1. The number of nitriles is 3. The maximum absolute atomic E-state index is 12.6. The highest BCUT2D eigenvalue weighted by molar-refractivity contribution is 5.70. The third kappa shape index (κ3) is 3.22. The number of fused-ring (bicyclic) bond motifs is 1. The van der Waals surface area contributed by atoms with Crippen LogP contribution in [0.4, 0.5) is 4.79 Å². The number of carbonyl (C=O) groups excluding carboxylic acids is 1. The maximum atomic E-state index is 12.6. The average Bonchev–Trinajstić information content (AvgIpc) is 3.19. The molecule has 0 unspecified atom stereocenters. The highest BCUT2D eigenvalue weighted by Crippen LogP contribution is 2.54. The summed E-state index contributed by atoms with van der Waals surface area (Å²) in [6, 6.07) is 7.79. The number of nitrogens with zero attached hydrogens (tertiary/aromatic N) is 4. The zero-order valence-corrected chi connectivity index (χ0v) is 16.5. The molecule has 2 aliphatic rings. The van der Waals surface area contributed by atoms with E-state index in [9.17, 15) is 20.6 Å². The van der Waals surface area contributed by atoms with Gasteiger partial charge in [-0.1, -0.05) is 6.08 Å². The quantitative estimate of drug-likeness (QED) is 0.776. The minimum absolute atomic E-state index is 0.0654. The second kappa shape index (κ2) is 7.04. The van der Waals surface area contributed by atoms with Crippen molar-refractivity contribution < 1.29 is 13.9 Å². The first kappa shape index (κ1) is 20.0. The van der Waals surface area contributed by atoms with Crippen molar-refractivity contribution in [3.05, 3.63) is 47.1 Å². The molecule has 0 aromatic carbocycles. The van der Waals surface area contributed by atoms with Gasteiger partial charge in [0.15, 0.2) is 5.41 Å². The summed E-state index contributed by atoms with van der Waals surface area (Å²) in [6.45, 7) is 5.75. The average molecular weight is 391 g/mol. The van der Waals surface area contributed by atoms with Crippen LogP contribution < -0.4 is 5.73 Å². The molecule has 2 N–H and O–H groups in total. The summed E-state index contributed by atoms with van der Waals surface area (Å²) in [7, 11) is 0. The molecule has 29 heavy (non-hydrogen) atoms. The van der Waals surface area contributed by atoms with Gasteiger partial charge in [-0.25, -0.2) is 4.79 Å². The molecule has 0 fully saturated rings. The molecule has 0 spiro atoms. The van der Waals surface area contributed by atoms with Crippen LogP contribution in [0.15, 0.2) is 45.9 Å². The number of carbonyl (C=O) groups is 1. The molecule has 3 rings (SSSR count). The van der Waals surface area contributed by atoms with Crippen molar-refractivity contribution in [3.8, 4) is 18.2 Å². The Morgan fingerprint density at radius 2 is 2.03 bits per heavy atom. The lowest BCUT2D eigenvalue weighted by atomic mass is 9.58. The Kier molecular flexibility index (Phi) is 4.86. The van der Waals surface area contributed by atoms with Crippen LogP contribution in [0.1, 0.15) is 32.3 Å². The summed E-state index contributed by atoms with van der Waals surface area (Å²) in [5, 5.41) is 29.6. The number of nitrogens with two attached hydrogens (primary N) is 1. The van der Waals surface area contributed by atoms with E-state index >= 15 is 0 Å². The SMILES string of the molecule is CC(C)(C)OC(=O)N1CC=C2C(C#N)=C(N)C(C#N)(C#N)[C@H](c3ccoc3)[C@@H]2C1. The minimum atomic E-state index is -1.76. The van der Waals surface area contributed by atoms with Crippen LogP contribution in [0.5, 0.6) is 0 Å². The summed E-state index contributed by atoms with van der Waals surface area (Å²) in [5.74, 6) is -1.19. The zero-order valence-electron chi connectivity index (χ0n) is 16.5.